The van der Waals surface area contributed by atoms with Crippen LogP contribution in [0.15, 0.2) is 6.08 Å². The number of hydrogen-bond acceptors (Lipinski definition) is 5. The fourth-order valence-corrected chi connectivity index (χ4v) is 11.1. The van der Waals surface area contributed by atoms with Crippen molar-refractivity contribution in [2.45, 2.75) is 91.0 Å². The number of nitrogens with zero attached hydrogens (tertiary/aromatic N) is 1. The molecule has 34 heavy (non-hydrogen) atoms. The van der Waals surface area contributed by atoms with Crippen molar-refractivity contribution < 1.29 is 9.47 Å². The van der Waals surface area contributed by atoms with Gasteiger partial charge in [-0.2, -0.15) is 0 Å². The Morgan fingerprint density at radius 1 is 1.12 bits per heavy atom. The molecule has 2 aliphatic heterocycles. The largest absolute Gasteiger partial charge is 0.365 e. The number of rotatable bonds is 1. The van der Waals surface area contributed by atoms with Gasteiger partial charge >= 0.3 is 0 Å². The summed E-state index contributed by atoms with van der Waals surface area (Å²) in [5.74, 6) is 3.93. The molecule has 2 saturated carbocycles. The summed E-state index contributed by atoms with van der Waals surface area (Å²) in [7, 11) is 2.00. The average molecular weight is 483 g/mol. The van der Waals surface area contributed by atoms with Crippen molar-refractivity contribution in [3.8, 4) is 0 Å². The molecule has 1 spiro atoms. The van der Waals surface area contributed by atoms with Crippen molar-refractivity contribution in [2.24, 2.45) is 46.3 Å². The van der Waals surface area contributed by atoms with Crippen LogP contribution in [0, 0.1) is 46.3 Å². The zero-order valence-electron chi connectivity index (χ0n) is 21.7. The van der Waals surface area contributed by atoms with E-state index in [-0.39, 0.29) is 5.79 Å². The van der Waals surface area contributed by atoms with Gasteiger partial charge in [-0.1, -0.05) is 45.1 Å². The molecule has 0 bridgehead atoms. The molecule has 1 aromatic rings. The molecule has 10 atom stereocenters. The van der Waals surface area contributed by atoms with E-state index in [1.165, 1.54) is 49.1 Å². The average Bonchev–Trinajstić information content (AvgIpc) is 3.45. The lowest BCUT2D eigenvalue weighted by Crippen LogP contribution is -2.51. The maximum atomic E-state index is 6.95. The van der Waals surface area contributed by atoms with Crippen LogP contribution in [0.4, 0.5) is 5.13 Å². The molecule has 1 aromatic heterocycles. The summed E-state index contributed by atoms with van der Waals surface area (Å²) < 4.78 is 13.5. The number of anilines is 1. The molecule has 0 unspecified atom stereocenters. The molecule has 4 aliphatic carbocycles. The maximum Gasteiger partial charge on any atom is 0.183 e. The highest BCUT2D eigenvalue weighted by Gasteiger charge is 2.68. The first-order valence-corrected chi connectivity index (χ1v) is 14.8. The summed E-state index contributed by atoms with van der Waals surface area (Å²) in [6.07, 6.45) is 13.0. The molecule has 3 heterocycles. The van der Waals surface area contributed by atoms with Crippen LogP contribution in [0.2, 0.25) is 0 Å². The van der Waals surface area contributed by atoms with Crippen LogP contribution in [0.1, 0.15) is 83.2 Å². The first-order chi connectivity index (χ1) is 16.3. The normalized spacial score (nSPS) is 51.2. The third-order valence-electron chi connectivity index (χ3n) is 11.8. The van der Waals surface area contributed by atoms with Crippen LogP contribution in [0.3, 0.4) is 0 Å². The van der Waals surface area contributed by atoms with Crippen molar-refractivity contribution in [3.63, 3.8) is 0 Å². The van der Waals surface area contributed by atoms with Crippen molar-refractivity contribution in [3.05, 3.63) is 16.6 Å². The highest BCUT2D eigenvalue weighted by molar-refractivity contribution is 7.16. The summed E-state index contributed by atoms with van der Waals surface area (Å²) >= 11 is 1.88. The molecule has 1 N–H and O–H groups in total. The first-order valence-electron chi connectivity index (χ1n) is 14.0. The highest BCUT2D eigenvalue weighted by Crippen LogP contribution is 2.71. The van der Waals surface area contributed by atoms with Gasteiger partial charge in [0.1, 0.15) is 0 Å². The molecule has 0 radical (unpaired) electrons. The Morgan fingerprint density at radius 2 is 1.97 bits per heavy atom. The van der Waals surface area contributed by atoms with E-state index in [9.17, 15) is 0 Å². The van der Waals surface area contributed by atoms with Crippen LogP contribution in [-0.4, -0.2) is 30.5 Å². The molecule has 6 aliphatic rings. The van der Waals surface area contributed by atoms with E-state index in [1.807, 2.05) is 18.4 Å². The van der Waals surface area contributed by atoms with Gasteiger partial charge < -0.3 is 14.8 Å². The lowest BCUT2D eigenvalue weighted by Gasteiger charge is -2.57. The quantitative estimate of drug-likeness (QED) is 0.480. The van der Waals surface area contributed by atoms with Crippen LogP contribution in [0.5, 0.6) is 0 Å². The number of hydrogen-bond donors (Lipinski definition) is 1. The number of fused-ring (bicyclic) bond motifs is 9. The highest BCUT2D eigenvalue weighted by atomic mass is 32.1. The Balaban J connectivity index is 1.19. The maximum absolute atomic E-state index is 6.95. The summed E-state index contributed by atoms with van der Waals surface area (Å²) in [5.41, 5.74) is 3.67. The number of allylic oxidation sites excluding steroid dienone is 2. The van der Waals surface area contributed by atoms with E-state index >= 15 is 0 Å². The molecule has 0 aromatic carbocycles. The van der Waals surface area contributed by atoms with Gasteiger partial charge in [-0.15, -0.1) is 0 Å². The molecule has 7 rings (SSSR count). The Hall–Kier alpha value is -0.910. The number of aryl methyl sites for hydroxylation is 1. The molecule has 4 fully saturated rings. The summed E-state index contributed by atoms with van der Waals surface area (Å²) in [4.78, 5) is 6.37. The minimum Gasteiger partial charge on any atom is -0.365 e. The summed E-state index contributed by atoms with van der Waals surface area (Å²) in [6, 6.07) is 0. The molecule has 0 amide bonds. The van der Waals surface area contributed by atoms with Crippen molar-refractivity contribution >= 4 is 22.0 Å². The third-order valence-corrected chi connectivity index (χ3v) is 12.9. The topological polar surface area (TPSA) is 43.4 Å². The van der Waals surface area contributed by atoms with Gasteiger partial charge in [0.05, 0.1) is 23.3 Å². The minimum atomic E-state index is -0.296. The van der Waals surface area contributed by atoms with E-state index in [2.05, 4.69) is 39.1 Å². The molecular weight excluding hydrogens is 440 g/mol. The van der Waals surface area contributed by atoms with Crippen molar-refractivity contribution in [2.75, 3.05) is 19.0 Å². The van der Waals surface area contributed by atoms with E-state index < -0.39 is 0 Å². The third kappa shape index (κ3) is 2.75. The Morgan fingerprint density at radius 3 is 2.74 bits per heavy atom. The Kier molecular flexibility index (Phi) is 4.80. The fourth-order valence-electron chi connectivity index (χ4n) is 10.0. The van der Waals surface area contributed by atoms with E-state index in [4.69, 9.17) is 14.5 Å². The van der Waals surface area contributed by atoms with Crippen LogP contribution in [0.25, 0.3) is 5.57 Å². The molecule has 4 nitrogen and oxygen atoms in total. The van der Waals surface area contributed by atoms with Crippen LogP contribution >= 0.6 is 11.3 Å². The zero-order chi connectivity index (χ0) is 23.5. The minimum absolute atomic E-state index is 0.296. The van der Waals surface area contributed by atoms with Gasteiger partial charge in [0.2, 0.25) is 0 Å². The number of nitrogens with one attached hydrogen (secondary N) is 1. The van der Waals surface area contributed by atoms with Gasteiger partial charge in [0.15, 0.2) is 10.9 Å². The van der Waals surface area contributed by atoms with Crippen LogP contribution < -0.4 is 5.32 Å². The van der Waals surface area contributed by atoms with E-state index in [0.29, 0.717) is 34.7 Å². The van der Waals surface area contributed by atoms with Crippen molar-refractivity contribution in [1.82, 2.24) is 4.98 Å². The summed E-state index contributed by atoms with van der Waals surface area (Å²) in [6.45, 7) is 10.9. The predicted molar refractivity (Wildman–Crippen MR) is 138 cm³/mol. The first kappa shape index (κ1) is 22.3. The molecule has 5 heteroatoms. The second-order valence-corrected chi connectivity index (χ2v) is 14.2. The number of aromatic nitrogens is 1. The van der Waals surface area contributed by atoms with E-state index in [0.717, 1.165) is 42.3 Å². The van der Waals surface area contributed by atoms with Gasteiger partial charge in [-0.3, -0.25) is 0 Å². The standard InChI is InChI=1S/C29H42N2O2S/c1-16-8-13-29(32-15-16)17(2)24-23(33-29)14-21-18-6-7-20-25-22(31-26(30-5)34-25)10-12-27(20,3)19(18)9-11-28(21,24)4/h7,16-19,21,23-24H,6,8-15H2,1-5H3,(H,30,31)/t16-,17+,18-,19+,21+,23+,24+,27-,28+,29-/m1/s1. The van der Waals surface area contributed by atoms with Crippen molar-refractivity contribution in [1.29, 1.82) is 0 Å². The lowest BCUT2D eigenvalue weighted by molar-refractivity contribution is -0.272. The second kappa shape index (κ2) is 7.32. The molecule has 2 saturated heterocycles. The summed E-state index contributed by atoms with van der Waals surface area (Å²) in [5, 5.41) is 4.37. The second-order valence-electron chi connectivity index (χ2n) is 13.2. The van der Waals surface area contributed by atoms with Crippen LogP contribution in [-0.2, 0) is 15.9 Å². The fraction of sp³-hybridized carbons (Fsp3) is 0.828. The lowest BCUT2D eigenvalue weighted by atomic mass is 9.47. The Labute approximate surface area is 209 Å². The van der Waals surface area contributed by atoms with Gasteiger partial charge in [0, 0.05) is 19.4 Å². The van der Waals surface area contributed by atoms with Gasteiger partial charge in [0.25, 0.3) is 0 Å². The van der Waals surface area contributed by atoms with Gasteiger partial charge in [-0.05, 0) is 90.9 Å². The Bertz CT molecular complexity index is 1030. The SMILES string of the molecule is CNc1nc2c(s1)C1=CC[C@H]3[C@@H]4C[C@@H]5O[C@]6(CC[C@@H](C)CO6)[C@@H](C)[C@@H]5[C@@]4(C)CC[C@@H]3[C@@]1(C)CC2. The van der Waals surface area contributed by atoms with E-state index in [1.54, 1.807) is 5.57 Å². The van der Waals surface area contributed by atoms with Gasteiger partial charge in [-0.25, -0.2) is 4.98 Å². The molecule has 186 valence electrons. The monoisotopic (exact) mass is 482 g/mol. The number of thiazole rings is 1. The predicted octanol–water partition coefficient (Wildman–Crippen LogP) is 6.77. The number of ether oxygens (including phenoxy) is 2. The smallest absolute Gasteiger partial charge is 0.183 e. The zero-order valence-corrected chi connectivity index (χ0v) is 22.5. The molecular formula is C29H42N2O2S.